The van der Waals surface area contributed by atoms with Crippen LogP contribution in [0.2, 0.25) is 0 Å². The summed E-state index contributed by atoms with van der Waals surface area (Å²) in [6.45, 7) is 6.04. The quantitative estimate of drug-likeness (QED) is 0.596. The van der Waals surface area contributed by atoms with Crippen molar-refractivity contribution in [3.8, 4) is 0 Å². The minimum Gasteiger partial charge on any atom is -0.457 e. The van der Waals surface area contributed by atoms with Crippen LogP contribution in [0, 0.1) is 25.5 Å². The molecule has 0 saturated heterocycles. The lowest BCUT2D eigenvalue weighted by atomic mass is 10.0. The molecule has 4 nitrogen and oxygen atoms in total. The van der Waals surface area contributed by atoms with E-state index in [-0.39, 0.29) is 12.2 Å². The Morgan fingerprint density at radius 2 is 1.93 bits per heavy atom. The van der Waals surface area contributed by atoms with Crippen molar-refractivity contribution in [3.05, 3.63) is 64.2 Å². The molecule has 0 aliphatic carbocycles. The third kappa shape index (κ3) is 5.01. The van der Waals surface area contributed by atoms with E-state index in [0.717, 1.165) is 23.9 Å². The first kappa shape index (κ1) is 20.8. The van der Waals surface area contributed by atoms with Gasteiger partial charge in [-0.05, 0) is 62.3 Å². The van der Waals surface area contributed by atoms with Crippen molar-refractivity contribution in [3.63, 3.8) is 0 Å². The molecule has 0 unspecified atom stereocenters. The number of hydrogen-bond donors (Lipinski definition) is 1. The van der Waals surface area contributed by atoms with E-state index in [2.05, 4.69) is 5.32 Å². The van der Waals surface area contributed by atoms with Crippen LogP contribution in [0.25, 0.3) is 0 Å². The Kier molecular flexibility index (Phi) is 6.85. The number of carbonyl (C=O) groups excluding carboxylic acids is 1. The van der Waals surface area contributed by atoms with E-state index >= 15 is 0 Å². The SMILES string of the molecule is CCN(C)C(=S)Nc1cc(C)c(C(=O)OCc2cccc(F)c2F)cc1C. The number of ether oxygens (including phenoxy) is 1. The average molecular weight is 392 g/mol. The molecule has 0 saturated carbocycles. The number of thiocarbonyl (C=S) groups is 1. The van der Waals surface area contributed by atoms with Gasteiger partial charge in [0, 0.05) is 24.8 Å². The Morgan fingerprint density at radius 3 is 2.59 bits per heavy atom. The maximum absolute atomic E-state index is 13.7. The van der Waals surface area contributed by atoms with Crippen molar-refractivity contribution in [1.29, 1.82) is 0 Å². The zero-order valence-corrected chi connectivity index (χ0v) is 16.5. The van der Waals surface area contributed by atoms with Crippen LogP contribution in [0.15, 0.2) is 30.3 Å². The van der Waals surface area contributed by atoms with E-state index in [1.807, 2.05) is 31.9 Å². The predicted octanol–water partition coefficient (Wildman–Crippen LogP) is 4.59. The fourth-order valence-electron chi connectivity index (χ4n) is 2.41. The van der Waals surface area contributed by atoms with Crippen LogP contribution in [-0.4, -0.2) is 29.6 Å². The molecule has 0 atom stereocenters. The van der Waals surface area contributed by atoms with Crippen LogP contribution in [0.3, 0.4) is 0 Å². The Balaban J connectivity index is 2.14. The first-order valence-electron chi connectivity index (χ1n) is 8.48. The van der Waals surface area contributed by atoms with Crippen LogP contribution < -0.4 is 5.32 Å². The monoisotopic (exact) mass is 392 g/mol. The van der Waals surface area contributed by atoms with Gasteiger partial charge in [0.2, 0.25) is 0 Å². The maximum Gasteiger partial charge on any atom is 0.338 e. The molecule has 1 N–H and O–H groups in total. The Bertz CT molecular complexity index is 871. The number of benzene rings is 2. The first-order valence-corrected chi connectivity index (χ1v) is 8.88. The van der Waals surface area contributed by atoms with Gasteiger partial charge < -0.3 is 15.0 Å². The second-order valence-corrected chi connectivity index (χ2v) is 6.60. The van der Waals surface area contributed by atoms with Crippen molar-refractivity contribution >= 4 is 29.0 Å². The molecule has 0 spiro atoms. The number of hydrogen-bond acceptors (Lipinski definition) is 3. The molecule has 0 aliphatic rings. The highest BCUT2D eigenvalue weighted by molar-refractivity contribution is 7.80. The number of esters is 1. The van der Waals surface area contributed by atoms with Crippen molar-refractivity contribution in [2.75, 3.05) is 18.9 Å². The predicted molar refractivity (Wildman–Crippen MR) is 106 cm³/mol. The zero-order chi connectivity index (χ0) is 20.1. The van der Waals surface area contributed by atoms with Gasteiger partial charge in [-0.25, -0.2) is 13.6 Å². The highest BCUT2D eigenvalue weighted by Gasteiger charge is 2.16. The van der Waals surface area contributed by atoms with Gasteiger partial charge in [-0.1, -0.05) is 12.1 Å². The number of aryl methyl sites for hydroxylation is 2. The second-order valence-electron chi connectivity index (χ2n) is 6.22. The highest BCUT2D eigenvalue weighted by Crippen LogP contribution is 2.22. The van der Waals surface area contributed by atoms with Crippen molar-refractivity contribution in [2.24, 2.45) is 0 Å². The van der Waals surface area contributed by atoms with Gasteiger partial charge in [0.1, 0.15) is 6.61 Å². The van der Waals surface area contributed by atoms with E-state index in [4.69, 9.17) is 17.0 Å². The van der Waals surface area contributed by atoms with Gasteiger partial charge in [-0.2, -0.15) is 0 Å². The largest absolute Gasteiger partial charge is 0.457 e. The molecular formula is C20H22F2N2O2S. The molecule has 0 bridgehead atoms. The fourth-order valence-corrected chi connectivity index (χ4v) is 2.65. The Hall–Kier alpha value is -2.54. The van der Waals surface area contributed by atoms with Crippen LogP contribution in [0.5, 0.6) is 0 Å². The van der Waals surface area contributed by atoms with E-state index in [1.165, 1.54) is 12.1 Å². The lowest BCUT2D eigenvalue weighted by molar-refractivity contribution is 0.0467. The first-order chi connectivity index (χ1) is 12.7. The van der Waals surface area contributed by atoms with Gasteiger partial charge >= 0.3 is 5.97 Å². The number of halogens is 2. The standard InChI is InChI=1S/C20H22F2N2O2S/c1-5-24(4)20(27)23-17-10-12(2)15(9-13(17)3)19(25)26-11-14-7-6-8-16(21)18(14)22/h6-10H,5,11H2,1-4H3,(H,23,27). The molecule has 2 aromatic carbocycles. The third-order valence-corrected chi connectivity index (χ3v) is 4.66. The summed E-state index contributed by atoms with van der Waals surface area (Å²) in [4.78, 5) is 14.3. The average Bonchev–Trinajstić information content (AvgIpc) is 2.64. The molecule has 0 aromatic heterocycles. The molecular weight excluding hydrogens is 370 g/mol. The summed E-state index contributed by atoms with van der Waals surface area (Å²) in [5, 5.41) is 3.73. The van der Waals surface area contributed by atoms with Crippen LogP contribution in [0.4, 0.5) is 14.5 Å². The minimum absolute atomic E-state index is 0.0102. The van der Waals surface area contributed by atoms with Crippen LogP contribution >= 0.6 is 12.2 Å². The minimum atomic E-state index is -1.01. The lowest BCUT2D eigenvalue weighted by Crippen LogP contribution is -2.31. The second kappa shape index (κ2) is 8.90. The number of anilines is 1. The summed E-state index contributed by atoms with van der Waals surface area (Å²) in [5.41, 5.74) is 2.66. The van der Waals surface area contributed by atoms with E-state index in [9.17, 15) is 13.6 Å². The summed E-state index contributed by atoms with van der Waals surface area (Å²) < 4.78 is 32.1. The normalized spacial score (nSPS) is 10.4. The number of nitrogens with one attached hydrogen (secondary N) is 1. The summed E-state index contributed by atoms with van der Waals surface area (Å²) in [5.74, 6) is -2.58. The molecule has 0 heterocycles. The molecule has 2 rings (SSSR count). The van der Waals surface area contributed by atoms with Gasteiger partial charge in [-0.15, -0.1) is 0 Å². The topological polar surface area (TPSA) is 41.6 Å². The fraction of sp³-hybridized carbons (Fsp3) is 0.300. The number of rotatable bonds is 5. The highest BCUT2D eigenvalue weighted by atomic mass is 32.1. The number of nitrogens with zero attached hydrogens (tertiary/aromatic N) is 1. The Labute approximate surface area is 163 Å². The molecule has 0 radical (unpaired) electrons. The van der Waals surface area contributed by atoms with Gasteiger partial charge in [0.25, 0.3) is 0 Å². The smallest absolute Gasteiger partial charge is 0.338 e. The van der Waals surface area contributed by atoms with Crippen LogP contribution in [0.1, 0.15) is 34.0 Å². The maximum atomic E-state index is 13.7. The molecule has 0 fully saturated rings. The Morgan fingerprint density at radius 1 is 1.22 bits per heavy atom. The summed E-state index contributed by atoms with van der Waals surface area (Å²) in [6, 6.07) is 7.26. The van der Waals surface area contributed by atoms with Crippen molar-refractivity contribution in [2.45, 2.75) is 27.4 Å². The lowest BCUT2D eigenvalue weighted by Gasteiger charge is -2.20. The molecule has 144 valence electrons. The summed E-state index contributed by atoms with van der Waals surface area (Å²) >= 11 is 5.32. The van der Waals surface area contributed by atoms with Gasteiger partial charge in [0.15, 0.2) is 16.7 Å². The van der Waals surface area contributed by atoms with E-state index < -0.39 is 17.6 Å². The van der Waals surface area contributed by atoms with Crippen LogP contribution in [-0.2, 0) is 11.3 Å². The van der Waals surface area contributed by atoms with Gasteiger partial charge in [-0.3, -0.25) is 0 Å². The molecule has 0 amide bonds. The summed E-state index contributed by atoms with van der Waals surface area (Å²) in [7, 11) is 1.88. The molecule has 27 heavy (non-hydrogen) atoms. The zero-order valence-electron chi connectivity index (χ0n) is 15.7. The molecule has 7 heteroatoms. The van der Waals surface area contributed by atoms with Crippen molar-refractivity contribution < 1.29 is 18.3 Å². The molecule has 2 aromatic rings. The van der Waals surface area contributed by atoms with E-state index in [0.29, 0.717) is 16.2 Å². The van der Waals surface area contributed by atoms with Crippen molar-refractivity contribution in [1.82, 2.24) is 4.90 Å². The van der Waals surface area contributed by atoms with Gasteiger partial charge in [0.05, 0.1) is 5.56 Å². The van der Waals surface area contributed by atoms with E-state index in [1.54, 1.807) is 13.0 Å². The number of carbonyl (C=O) groups is 1. The third-order valence-electron chi connectivity index (χ3n) is 4.24. The summed E-state index contributed by atoms with van der Waals surface area (Å²) in [6.07, 6.45) is 0. The molecule has 0 aliphatic heterocycles.